The summed E-state index contributed by atoms with van der Waals surface area (Å²) in [6.45, 7) is 2.83. The number of hydrogen-bond acceptors (Lipinski definition) is 5. The average molecular weight is 248 g/mol. The molecule has 0 radical (unpaired) electrons. The van der Waals surface area contributed by atoms with Gasteiger partial charge in [-0.25, -0.2) is 4.68 Å². The zero-order chi connectivity index (χ0) is 13.0. The van der Waals surface area contributed by atoms with Crippen LogP contribution in [-0.4, -0.2) is 22.1 Å². The van der Waals surface area contributed by atoms with E-state index in [1.54, 1.807) is 36.2 Å². The first-order valence-corrected chi connectivity index (χ1v) is 5.74. The van der Waals surface area contributed by atoms with E-state index in [1.807, 2.05) is 0 Å². The van der Waals surface area contributed by atoms with Gasteiger partial charge in [-0.1, -0.05) is 12.1 Å². The summed E-state index contributed by atoms with van der Waals surface area (Å²) in [4.78, 5) is 0. The highest BCUT2D eigenvalue weighted by Gasteiger charge is 2.07. The van der Waals surface area contributed by atoms with Crippen LogP contribution in [-0.2, 0) is 6.54 Å². The smallest absolute Gasteiger partial charge is 0.238 e. The Balaban J connectivity index is 2.18. The first-order chi connectivity index (χ1) is 8.74. The summed E-state index contributed by atoms with van der Waals surface area (Å²) in [6.07, 6.45) is 2.54. The molecule has 0 aliphatic carbocycles. The maximum absolute atomic E-state index is 5.81. The first-order valence-electron chi connectivity index (χ1n) is 5.74. The molecule has 0 amide bonds. The summed E-state index contributed by atoms with van der Waals surface area (Å²) in [5.74, 6) is 1.86. The van der Waals surface area contributed by atoms with Gasteiger partial charge in [0.2, 0.25) is 5.88 Å². The molecule has 0 aliphatic rings. The van der Waals surface area contributed by atoms with Gasteiger partial charge in [-0.15, -0.1) is 5.10 Å². The Labute approximate surface area is 105 Å². The molecule has 0 saturated carbocycles. The molecule has 2 N–H and O–H groups in total. The number of ether oxygens (including phenoxy) is 2. The van der Waals surface area contributed by atoms with E-state index in [9.17, 15) is 0 Å². The second kappa shape index (κ2) is 5.39. The maximum atomic E-state index is 5.81. The predicted molar refractivity (Wildman–Crippen MR) is 67.8 cm³/mol. The van der Waals surface area contributed by atoms with Crippen molar-refractivity contribution in [3.05, 3.63) is 24.4 Å². The van der Waals surface area contributed by atoms with Crippen LogP contribution >= 0.6 is 0 Å². The lowest BCUT2D eigenvalue weighted by Gasteiger charge is -2.09. The molecule has 0 saturated heterocycles. The lowest BCUT2D eigenvalue weighted by atomic mass is 10.3. The third-order valence-corrected chi connectivity index (χ3v) is 2.44. The summed E-state index contributed by atoms with van der Waals surface area (Å²) in [5.41, 5.74) is 6.35. The van der Waals surface area contributed by atoms with Gasteiger partial charge in [0.15, 0.2) is 0 Å². The van der Waals surface area contributed by atoms with Crippen LogP contribution in [0.1, 0.15) is 13.3 Å². The number of anilines is 1. The minimum atomic E-state index is 0.532. The second-order valence-corrected chi connectivity index (χ2v) is 3.80. The van der Waals surface area contributed by atoms with Gasteiger partial charge in [0.05, 0.1) is 12.8 Å². The Morgan fingerprint density at radius 1 is 1.39 bits per heavy atom. The molecule has 6 nitrogen and oxygen atoms in total. The maximum Gasteiger partial charge on any atom is 0.238 e. The Morgan fingerprint density at radius 2 is 2.22 bits per heavy atom. The topological polar surface area (TPSA) is 75.2 Å². The molecule has 0 atom stereocenters. The summed E-state index contributed by atoms with van der Waals surface area (Å²) < 4.78 is 12.5. The van der Waals surface area contributed by atoms with Crippen LogP contribution in [0.4, 0.5) is 5.69 Å². The van der Waals surface area contributed by atoms with E-state index in [0.717, 1.165) is 13.0 Å². The molecule has 0 spiro atoms. The van der Waals surface area contributed by atoms with Gasteiger partial charge in [0, 0.05) is 12.6 Å². The fourth-order valence-corrected chi connectivity index (χ4v) is 1.59. The zero-order valence-corrected chi connectivity index (χ0v) is 10.5. The number of methoxy groups -OCH3 is 1. The number of hydrogen-bond donors (Lipinski definition) is 1. The molecule has 6 heteroatoms. The summed E-state index contributed by atoms with van der Waals surface area (Å²) >= 11 is 0. The minimum absolute atomic E-state index is 0.532. The normalized spacial score (nSPS) is 10.3. The molecule has 1 heterocycles. The third kappa shape index (κ3) is 2.53. The van der Waals surface area contributed by atoms with Crippen molar-refractivity contribution in [2.24, 2.45) is 0 Å². The van der Waals surface area contributed by atoms with Crippen molar-refractivity contribution in [3.8, 4) is 17.4 Å². The number of aromatic nitrogens is 3. The van der Waals surface area contributed by atoms with Gasteiger partial charge in [-0.05, 0) is 18.6 Å². The average Bonchev–Trinajstić information content (AvgIpc) is 2.78. The predicted octanol–water partition coefficient (Wildman–Crippen LogP) is 2.07. The van der Waals surface area contributed by atoms with E-state index in [0.29, 0.717) is 23.1 Å². The lowest BCUT2D eigenvalue weighted by molar-refractivity contribution is 0.401. The fraction of sp³-hybridized carbons (Fsp3) is 0.333. The van der Waals surface area contributed by atoms with E-state index in [2.05, 4.69) is 17.2 Å². The molecule has 0 unspecified atom stereocenters. The van der Waals surface area contributed by atoms with Gasteiger partial charge >= 0.3 is 0 Å². The van der Waals surface area contributed by atoms with E-state index < -0.39 is 0 Å². The van der Waals surface area contributed by atoms with Crippen molar-refractivity contribution in [2.75, 3.05) is 12.8 Å². The van der Waals surface area contributed by atoms with E-state index in [4.69, 9.17) is 15.2 Å². The Bertz CT molecular complexity index is 525. The number of nitrogen functional groups attached to an aromatic ring is 1. The third-order valence-electron chi connectivity index (χ3n) is 2.44. The SMILES string of the molecule is CCCn1nncc1Oc1ccc(OC)c(N)c1. The quantitative estimate of drug-likeness (QED) is 0.820. The number of benzene rings is 1. The van der Waals surface area contributed by atoms with Gasteiger partial charge < -0.3 is 15.2 Å². The molecule has 1 aromatic carbocycles. The van der Waals surface area contributed by atoms with Crippen LogP contribution in [0.2, 0.25) is 0 Å². The summed E-state index contributed by atoms with van der Waals surface area (Å²) in [7, 11) is 1.58. The van der Waals surface area contributed by atoms with Crippen molar-refractivity contribution in [1.82, 2.24) is 15.0 Å². The van der Waals surface area contributed by atoms with Crippen LogP contribution in [0.3, 0.4) is 0 Å². The van der Waals surface area contributed by atoms with Gasteiger partial charge in [0.25, 0.3) is 0 Å². The van der Waals surface area contributed by atoms with Crippen molar-refractivity contribution >= 4 is 5.69 Å². The number of aryl methyl sites for hydroxylation is 1. The lowest BCUT2D eigenvalue weighted by Crippen LogP contribution is -2.02. The number of rotatable bonds is 5. The van der Waals surface area contributed by atoms with Crippen LogP contribution in [0.15, 0.2) is 24.4 Å². The molecule has 0 bridgehead atoms. The van der Waals surface area contributed by atoms with Crippen molar-refractivity contribution in [2.45, 2.75) is 19.9 Å². The van der Waals surface area contributed by atoms with E-state index in [-0.39, 0.29) is 0 Å². The van der Waals surface area contributed by atoms with Crippen LogP contribution in [0.5, 0.6) is 17.4 Å². The van der Waals surface area contributed by atoms with E-state index >= 15 is 0 Å². The highest BCUT2D eigenvalue weighted by atomic mass is 16.5. The molecule has 2 rings (SSSR count). The summed E-state index contributed by atoms with van der Waals surface area (Å²) in [5, 5.41) is 7.77. The number of nitrogens with zero attached hydrogens (tertiary/aromatic N) is 3. The Hall–Kier alpha value is -2.24. The van der Waals surface area contributed by atoms with E-state index in [1.165, 1.54) is 0 Å². The van der Waals surface area contributed by atoms with Gasteiger partial charge in [0.1, 0.15) is 17.7 Å². The first kappa shape index (κ1) is 12.2. The Kier molecular flexibility index (Phi) is 3.66. The number of nitrogens with two attached hydrogens (primary N) is 1. The standard InChI is InChI=1S/C12H16N4O2/c1-3-6-16-12(8-14-15-16)18-9-4-5-11(17-2)10(13)7-9/h4-5,7-8H,3,6,13H2,1-2H3. The minimum Gasteiger partial charge on any atom is -0.495 e. The highest BCUT2D eigenvalue weighted by molar-refractivity contribution is 5.56. The van der Waals surface area contributed by atoms with Crippen LogP contribution in [0, 0.1) is 0 Å². The van der Waals surface area contributed by atoms with Crippen molar-refractivity contribution < 1.29 is 9.47 Å². The molecular weight excluding hydrogens is 232 g/mol. The fourth-order valence-electron chi connectivity index (χ4n) is 1.59. The highest BCUT2D eigenvalue weighted by Crippen LogP contribution is 2.28. The van der Waals surface area contributed by atoms with Gasteiger partial charge in [-0.3, -0.25) is 0 Å². The van der Waals surface area contributed by atoms with Crippen molar-refractivity contribution in [1.29, 1.82) is 0 Å². The monoisotopic (exact) mass is 248 g/mol. The van der Waals surface area contributed by atoms with Crippen molar-refractivity contribution in [3.63, 3.8) is 0 Å². The largest absolute Gasteiger partial charge is 0.495 e. The molecule has 0 aliphatic heterocycles. The molecule has 1 aromatic heterocycles. The molecular formula is C12H16N4O2. The molecule has 18 heavy (non-hydrogen) atoms. The molecule has 0 fully saturated rings. The Morgan fingerprint density at radius 3 is 2.89 bits per heavy atom. The second-order valence-electron chi connectivity index (χ2n) is 3.80. The summed E-state index contributed by atoms with van der Waals surface area (Å²) in [6, 6.07) is 5.26. The van der Waals surface area contributed by atoms with Gasteiger partial charge in [-0.2, -0.15) is 0 Å². The zero-order valence-electron chi connectivity index (χ0n) is 10.5. The van der Waals surface area contributed by atoms with Crippen LogP contribution in [0.25, 0.3) is 0 Å². The molecule has 96 valence electrons. The molecule has 2 aromatic rings. The van der Waals surface area contributed by atoms with Crippen LogP contribution < -0.4 is 15.2 Å².